The van der Waals surface area contributed by atoms with Gasteiger partial charge >= 0.3 is 0 Å². The fourth-order valence-corrected chi connectivity index (χ4v) is 4.57. The zero-order chi connectivity index (χ0) is 17.5. The minimum atomic E-state index is -4.13. The van der Waals surface area contributed by atoms with Crippen LogP contribution in [0, 0.1) is 18.6 Å². The summed E-state index contributed by atoms with van der Waals surface area (Å²) < 4.78 is 56.5. The first-order valence-corrected chi connectivity index (χ1v) is 8.92. The Hall–Kier alpha value is -1.84. The Morgan fingerprint density at radius 1 is 1.29 bits per heavy atom. The predicted molar refractivity (Wildman–Crippen MR) is 83.8 cm³/mol. The summed E-state index contributed by atoms with van der Waals surface area (Å²) in [4.78, 5) is 3.70. The van der Waals surface area contributed by atoms with Crippen LogP contribution in [-0.2, 0) is 17.1 Å². The molecule has 0 saturated carbocycles. The quantitative estimate of drug-likeness (QED) is 0.901. The van der Waals surface area contributed by atoms with E-state index in [9.17, 15) is 17.2 Å². The maximum absolute atomic E-state index is 14.1. The Labute approximate surface area is 139 Å². The van der Waals surface area contributed by atoms with E-state index in [-0.39, 0.29) is 12.1 Å². The van der Waals surface area contributed by atoms with Crippen molar-refractivity contribution < 1.29 is 17.2 Å². The van der Waals surface area contributed by atoms with E-state index in [1.807, 2.05) is 0 Å². The van der Waals surface area contributed by atoms with Crippen molar-refractivity contribution in [1.82, 2.24) is 19.2 Å². The standard InChI is InChI=1S/C15H18F2N4O2S/c1-10-7-14(12(17)8-11(10)16)24(22,23)21-6-3-18-9-13(21)15-19-4-5-20(15)2/h4-5,7-8,13,18H,3,6,9H2,1-2H3. The zero-order valence-electron chi connectivity index (χ0n) is 13.3. The predicted octanol–water partition coefficient (Wildman–Crippen LogP) is 1.34. The van der Waals surface area contributed by atoms with E-state index < -0.39 is 32.6 Å². The Morgan fingerprint density at radius 3 is 2.71 bits per heavy atom. The van der Waals surface area contributed by atoms with Gasteiger partial charge in [0.2, 0.25) is 10.0 Å². The topological polar surface area (TPSA) is 67.2 Å². The van der Waals surface area contributed by atoms with Crippen molar-refractivity contribution in [2.75, 3.05) is 19.6 Å². The molecule has 0 amide bonds. The van der Waals surface area contributed by atoms with Gasteiger partial charge in [0.1, 0.15) is 22.4 Å². The lowest BCUT2D eigenvalue weighted by molar-refractivity contribution is 0.257. The van der Waals surface area contributed by atoms with Crippen molar-refractivity contribution in [2.45, 2.75) is 17.9 Å². The van der Waals surface area contributed by atoms with E-state index in [0.29, 0.717) is 25.0 Å². The Morgan fingerprint density at radius 2 is 2.04 bits per heavy atom. The third-order valence-corrected chi connectivity index (χ3v) is 6.07. The highest BCUT2D eigenvalue weighted by atomic mass is 32.2. The number of aryl methyl sites for hydroxylation is 2. The number of imidazole rings is 1. The van der Waals surface area contributed by atoms with Gasteiger partial charge < -0.3 is 9.88 Å². The second-order valence-electron chi connectivity index (χ2n) is 5.76. The van der Waals surface area contributed by atoms with Crippen molar-refractivity contribution in [1.29, 1.82) is 0 Å². The maximum atomic E-state index is 14.1. The van der Waals surface area contributed by atoms with Gasteiger partial charge in [-0.2, -0.15) is 4.31 Å². The molecule has 1 aliphatic heterocycles. The highest BCUT2D eigenvalue weighted by molar-refractivity contribution is 7.89. The number of nitrogens with zero attached hydrogens (tertiary/aromatic N) is 3. The second kappa shape index (κ2) is 6.23. The molecule has 1 aromatic heterocycles. The molecule has 6 nitrogen and oxygen atoms in total. The lowest BCUT2D eigenvalue weighted by atomic mass is 10.2. The summed E-state index contributed by atoms with van der Waals surface area (Å²) in [5.74, 6) is -1.30. The third kappa shape index (κ3) is 2.83. The van der Waals surface area contributed by atoms with Crippen LogP contribution >= 0.6 is 0 Å². The molecule has 1 saturated heterocycles. The highest BCUT2D eigenvalue weighted by Gasteiger charge is 2.38. The van der Waals surface area contributed by atoms with Gasteiger partial charge in [-0.25, -0.2) is 22.2 Å². The van der Waals surface area contributed by atoms with Crippen LogP contribution in [0.25, 0.3) is 0 Å². The van der Waals surface area contributed by atoms with E-state index in [0.717, 1.165) is 6.07 Å². The highest BCUT2D eigenvalue weighted by Crippen LogP contribution is 2.30. The second-order valence-corrected chi connectivity index (χ2v) is 7.62. The van der Waals surface area contributed by atoms with Gasteiger partial charge in [-0.05, 0) is 18.6 Å². The molecule has 2 heterocycles. The molecule has 24 heavy (non-hydrogen) atoms. The van der Waals surface area contributed by atoms with Crippen LogP contribution in [-0.4, -0.2) is 41.9 Å². The number of hydrogen-bond donors (Lipinski definition) is 1. The lowest BCUT2D eigenvalue weighted by Crippen LogP contribution is -2.49. The lowest BCUT2D eigenvalue weighted by Gasteiger charge is -2.34. The first-order valence-electron chi connectivity index (χ1n) is 7.48. The van der Waals surface area contributed by atoms with Crippen molar-refractivity contribution in [2.24, 2.45) is 7.05 Å². The molecule has 1 N–H and O–H groups in total. The summed E-state index contributed by atoms with van der Waals surface area (Å²) in [6.07, 6.45) is 3.30. The van der Waals surface area contributed by atoms with Gasteiger partial charge in [0, 0.05) is 45.1 Å². The summed E-state index contributed by atoms with van der Waals surface area (Å²) in [6.45, 7) is 2.39. The third-order valence-electron chi connectivity index (χ3n) is 4.15. The molecule has 1 atom stereocenters. The summed E-state index contributed by atoms with van der Waals surface area (Å²) in [5.41, 5.74) is 0.0821. The minimum Gasteiger partial charge on any atom is -0.337 e. The summed E-state index contributed by atoms with van der Waals surface area (Å²) in [5, 5.41) is 3.13. The van der Waals surface area contributed by atoms with Crippen LogP contribution in [0.5, 0.6) is 0 Å². The van der Waals surface area contributed by atoms with Gasteiger partial charge in [0.25, 0.3) is 0 Å². The summed E-state index contributed by atoms with van der Waals surface area (Å²) in [6, 6.07) is 1.09. The molecule has 1 aliphatic rings. The Kier molecular flexibility index (Phi) is 4.41. The van der Waals surface area contributed by atoms with Gasteiger partial charge in [-0.3, -0.25) is 0 Å². The normalized spacial score (nSPS) is 19.6. The average Bonchev–Trinajstić information content (AvgIpc) is 2.96. The van der Waals surface area contributed by atoms with Crippen LogP contribution in [0.15, 0.2) is 29.4 Å². The summed E-state index contributed by atoms with van der Waals surface area (Å²) >= 11 is 0. The number of sulfonamides is 1. The van der Waals surface area contributed by atoms with Crippen LogP contribution in [0.2, 0.25) is 0 Å². The molecule has 1 unspecified atom stereocenters. The average molecular weight is 356 g/mol. The van der Waals surface area contributed by atoms with Gasteiger partial charge in [0.15, 0.2) is 0 Å². The molecule has 0 spiro atoms. The molecular formula is C15H18F2N4O2S. The summed E-state index contributed by atoms with van der Waals surface area (Å²) in [7, 11) is -2.36. The maximum Gasteiger partial charge on any atom is 0.246 e. The number of aromatic nitrogens is 2. The van der Waals surface area contributed by atoms with Crippen molar-refractivity contribution in [3.63, 3.8) is 0 Å². The Bertz CT molecular complexity index is 866. The van der Waals surface area contributed by atoms with Crippen LogP contribution in [0.4, 0.5) is 8.78 Å². The van der Waals surface area contributed by atoms with E-state index in [2.05, 4.69) is 10.3 Å². The van der Waals surface area contributed by atoms with Gasteiger partial charge in [0.05, 0.1) is 6.04 Å². The van der Waals surface area contributed by atoms with Crippen LogP contribution in [0.3, 0.4) is 0 Å². The molecule has 9 heteroatoms. The molecule has 0 aliphatic carbocycles. The number of nitrogens with one attached hydrogen (secondary N) is 1. The van der Waals surface area contributed by atoms with E-state index in [1.165, 1.54) is 11.2 Å². The van der Waals surface area contributed by atoms with Gasteiger partial charge in [-0.1, -0.05) is 0 Å². The van der Waals surface area contributed by atoms with Gasteiger partial charge in [-0.15, -0.1) is 0 Å². The van der Waals surface area contributed by atoms with E-state index in [4.69, 9.17) is 0 Å². The van der Waals surface area contributed by atoms with Crippen LogP contribution < -0.4 is 5.32 Å². The van der Waals surface area contributed by atoms with Crippen molar-refractivity contribution in [3.8, 4) is 0 Å². The SMILES string of the molecule is Cc1cc(S(=O)(=O)N2CCNCC2c2nccn2C)c(F)cc1F. The molecule has 2 aromatic rings. The molecular weight excluding hydrogens is 338 g/mol. The molecule has 0 bridgehead atoms. The number of piperazine rings is 1. The fourth-order valence-electron chi connectivity index (χ4n) is 2.85. The zero-order valence-corrected chi connectivity index (χ0v) is 14.1. The molecule has 1 fully saturated rings. The number of benzene rings is 1. The number of hydrogen-bond acceptors (Lipinski definition) is 4. The van der Waals surface area contributed by atoms with Crippen molar-refractivity contribution in [3.05, 3.63) is 47.5 Å². The number of halogens is 2. The minimum absolute atomic E-state index is 0.0821. The molecule has 0 radical (unpaired) electrons. The molecule has 3 rings (SSSR count). The van der Waals surface area contributed by atoms with E-state index in [1.54, 1.807) is 24.0 Å². The smallest absolute Gasteiger partial charge is 0.246 e. The largest absolute Gasteiger partial charge is 0.337 e. The first kappa shape index (κ1) is 17.0. The fraction of sp³-hybridized carbons (Fsp3) is 0.400. The molecule has 130 valence electrons. The van der Waals surface area contributed by atoms with Crippen molar-refractivity contribution >= 4 is 10.0 Å². The van der Waals surface area contributed by atoms with Crippen LogP contribution in [0.1, 0.15) is 17.4 Å². The monoisotopic (exact) mass is 356 g/mol. The Balaban J connectivity index is 2.07. The number of rotatable bonds is 3. The van der Waals surface area contributed by atoms with E-state index >= 15 is 0 Å². The molecule has 1 aromatic carbocycles. The first-order chi connectivity index (χ1) is 11.3.